The molecule has 0 amide bonds. The second-order valence-electron chi connectivity index (χ2n) is 7.63. The topological polar surface area (TPSA) is 114 Å². The summed E-state index contributed by atoms with van der Waals surface area (Å²) in [6.45, 7) is 3.52. The van der Waals surface area contributed by atoms with Gasteiger partial charge in [0.15, 0.2) is 5.41 Å². The molecule has 2 aromatic carbocycles. The molecule has 4 atom stereocenters. The molecule has 2 heterocycles. The summed E-state index contributed by atoms with van der Waals surface area (Å²) < 4.78 is 12.4. The maximum absolute atomic E-state index is 10.3. The average molecular weight is 417 g/mol. The lowest BCUT2D eigenvalue weighted by Gasteiger charge is -2.49. The van der Waals surface area contributed by atoms with E-state index in [1.54, 1.807) is 43.3 Å². The Bertz CT molecular complexity index is 1160. The molecule has 30 heavy (non-hydrogen) atoms. The van der Waals surface area contributed by atoms with Gasteiger partial charge in [-0.1, -0.05) is 54.9 Å². The Labute approximate surface area is 179 Å². The lowest BCUT2D eigenvalue weighted by atomic mass is 9.53. The predicted molar refractivity (Wildman–Crippen MR) is 108 cm³/mol. The number of benzene rings is 2. The molecule has 2 bridgehead atoms. The van der Waals surface area contributed by atoms with Crippen LogP contribution in [0.15, 0.2) is 48.5 Å². The summed E-state index contributed by atoms with van der Waals surface area (Å²) in [6.07, 6.45) is -1.11. The summed E-state index contributed by atoms with van der Waals surface area (Å²) in [4.78, 5) is 0. The molecule has 148 valence electrons. The predicted octanol–water partition coefficient (Wildman–Crippen LogP) is 4.76. The van der Waals surface area contributed by atoms with Crippen LogP contribution in [0.5, 0.6) is 0 Å². The molecule has 0 aliphatic carbocycles. The fraction of sp³-hybridized carbons (Fsp3) is 0.304. The number of nitriles is 3. The molecule has 7 heteroatoms. The Balaban J connectivity index is 2.06. The lowest BCUT2D eigenvalue weighted by molar-refractivity contribution is -0.288. The summed E-state index contributed by atoms with van der Waals surface area (Å²) >= 11 is 6.04. The third kappa shape index (κ3) is 2.17. The monoisotopic (exact) mass is 416 g/mol. The van der Waals surface area contributed by atoms with Crippen molar-refractivity contribution in [2.45, 2.75) is 25.7 Å². The first-order valence-corrected chi connectivity index (χ1v) is 9.72. The molecular weight excluding hydrogens is 400 g/mol. The fourth-order valence-electron chi connectivity index (χ4n) is 4.71. The van der Waals surface area contributed by atoms with E-state index in [0.29, 0.717) is 16.1 Å². The van der Waals surface area contributed by atoms with Gasteiger partial charge in [0.1, 0.15) is 6.10 Å². The van der Waals surface area contributed by atoms with Crippen molar-refractivity contribution in [2.75, 3.05) is 0 Å². The van der Waals surface area contributed by atoms with E-state index < -0.39 is 34.5 Å². The van der Waals surface area contributed by atoms with Gasteiger partial charge in [-0.25, -0.2) is 0 Å². The quantitative estimate of drug-likeness (QED) is 0.757. The molecule has 1 N–H and O–H groups in total. The third-order valence-corrected chi connectivity index (χ3v) is 6.64. The summed E-state index contributed by atoms with van der Waals surface area (Å²) in [5, 5.41) is 39.9. The molecule has 6 nitrogen and oxygen atoms in total. The van der Waals surface area contributed by atoms with E-state index >= 15 is 0 Å². The summed E-state index contributed by atoms with van der Waals surface area (Å²) in [7, 11) is 0. The Morgan fingerprint density at radius 3 is 2.20 bits per heavy atom. The molecule has 0 saturated carbocycles. The fourth-order valence-corrected chi connectivity index (χ4v) is 4.84. The first-order chi connectivity index (χ1) is 14.3. The van der Waals surface area contributed by atoms with Crippen molar-refractivity contribution in [1.29, 1.82) is 21.2 Å². The van der Waals surface area contributed by atoms with Crippen molar-refractivity contribution < 1.29 is 9.47 Å². The van der Waals surface area contributed by atoms with Gasteiger partial charge in [-0.2, -0.15) is 15.8 Å². The molecule has 0 aromatic heterocycles. The number of aryl methyl sites for hydroxylation is 1. The zero-order chi connectivity index (χ0) is 21.7. The highest BCUT2D eigenvalue weighted by Crippen LogP contribution is 2.69. The summed E-state index contributed by atoms with van der Waals surface area (Å²) in [5.41, 5.74) is -1.83. The largest absolute Gasteiger partial charge is 0.443 e. The van der Waals surface area contributed by atoms with Gasteiger partial charge in [0.2, 0.25) is 17.1 Å². The van der Waals surface area contributed by atoms with Gasteiger partial charge in [0.25, 0.3) is 0 Å². The smallest absolute Gasteiger partial charge is 0.244 e. The molecule has 2 saturated heterocycles. The second kappa shape index (κ2) is 6.57. The van der Waals surface area contributed by atoms with Crippen LogP contribution >= 0.6 is 11.6 Å². The molecule has 4 rings (SSSR count). The molecule has 2 aliphatic heterocycles. The second-order valence-corrected chi connectivity index (χ2v) is 8.07. The molecule has 0 spiro atoms. The van der Waals surface area contributed by atoms with Crippen LogP contribution in [-0.2, 0) is 15.3 Å². The van der Waals surface area contributed by atoms with Gasteiger partial charge >= 0.3 is 0 Å². The van der Waals surface area contributed by atoms with E-state index in [1.165, 1.54) is 0 Å². The van der Waals surface area contributed by atoms with Crippen LogP contribution in [-0.4, -0.2) is 5.90 Å². The number of hydrogen-bond donors (Lipinski definition) is 1. The molecular formula is C23H17ClN4O2. The number of hydrogen-bond acceptors (Lipinski definition) is 6. The van der Waals surface area contributed by atoms with Crippen molar-refractivity contribution in [3.05, 3.63) is 70.2 Å². The van der Waals surface area contributed by atoms with Crippen LogP contribution in [0, 0.1) is 63.1 Å². The van der Waals surface area contributed by atoms with Crippen LogP contribution in [0.3, 0.4) is 0 Å². The minimum Gasteiger partial charge on any atom is -0.443 e. The molecule has 2 aromatic rings. The van der Waals surface area contributed by atoms with Crippen LogP contribution in [0.1, 0.15) is 29.7 Å². The van der Waals surface area contributed by atoms with Crippen molar-refractivity contribution in [2.24, 2.45) is 16.7 Å². The van der Waals surface area contributed by atoms with E-state index in [2.05, 4.69) is 18.2 Å². The number of halogens is 1. The van der Waals surface area contributed by atoms with Gasteiger partial charge in [-0.15, -0.1) is 0 Å². The standard InChI is InChI=1S/C23H17ClN4O2/c1-14-5-3-4-6-18(14)19-21(11-25,12-26)22(13-27)15(2)23(29-19,30-20(22)28)16-7-9-17(24)10-8-16/h3-10,15,19,28H,1-2H3. The normalized spacial score (nSPS) is 31.1. The molecule has 0 radical (unpaired) electrons. The van der Waals surface area contributed by atoms with Crippen LogP contribution in [0.4, 0.5) is 0 Å². The lowest BCUT2D eigenvalue weighted by Crippen LogP contribution is -2.57. The number of fused-ring (bicyclic) bond motifs is 2. The van der Waals surface area contributed by atoms with Crippen molar-refractivity contribution in [3.8, 4) is 18.2 Å². The van der Waals surface area contributed by atoms with E-state index in [1.807, 2.05) is 19.1 Å². The van der Waals surface area contributed by atoms with Gasteiger partial charge in [0.05, 0.1) is 24.1 Å². The molecule has 2 fully saturated rings. The van der Waals surface area contributed by atoms with Crippen molar-refractivity contribution >= 4 is 17.5 Å². The van der Waals surface area contributed by atoms with E-state index in [-0.39, 0.29) is 0 Å². The van der Waals surface area contributed by atoms with Gasteiger partial charge < -0.3 is 9.47 Å². The van der Waals surface area contributed by atoms with Crippen LogP contribution in [0.2, 0.25) is 5.02 Å². The Kier molecular flexibility index (Phi) is 4.37. The zero-order valence-electron chi connectivity index (χ0n) is 16.3. The van der Waals surface area contributed by atoms with Gasteiger partial charge in [-0.05, 0) is 30.2 Å². The van der Waals surface area contributed by atoms with E-state index in [0.717, 1.165) is 5.56 Å². The first kappa shape index (κ1) is 19.9. The number of ether oxygens (including phenoxy) is 2. The van der Waals surface area contributed by atoms with Crippen LogP contribution in [0.25, 0.3) is 0 Å². The number of rotatable bonds is 2. The maximum atomic E-state index is 10.3. The highest BCUT2D eigenvalue weighted by molar-refractivity contribution is 6.30. The first-order valence-electron chi connectivity index (χ1n) is 9.34. The highest BCUT2D eigenvalue weighted by atomic mass is 35.5. The maximum Gasteiger partial charge on any atom is 0.244 e. The van der Waals surface area contributed by atoms with Gasteiger partial charge in [-0.3, -0.25) is 5.41 Å². The SMILES string of the molecule is Cc1ccccc1C1OC2(c3ccc(Cl)cc3)OC(=N)C(C#N)(C2C)C1(C#N)C#N. The Hall–Kier alpha value is -3.37. The highest BCUT2D eigenvalue weighted by Gasteiger charge is 2.79. The Morgan fingerprint density at radius 1 is 1.00 bits per heavy atom. The number of nitrogens with zero attached hydrogens (tertiary/aromatic N) is 3. The van der Waals surface area contributed by atoms with Crippen molar-refractivity contribution in [1.82, 2.24) is 0 Å². The van der Waals surface area contributed by atoms with Crippen LogP contribution < -0.4 is 0 Å². The summed E-state index contributed by atoms with van der Waals surface area (Å²) in [5.74, 6) is -2.75. The molecule has 2 aliphatic rings. The van der Waals surface area contributed by atoms with E-state index in [9.17, 15) is 15.8 Å². The van der Waals surface area contributed by atoms with Gasteiger partial charge in [0, 0.05) is 10.6 Å². The Morgan fingerprint density at radius 2 is 1.63 bits per heavy atom. The zero-order valence-corrected chi connectivity index (χ0v) is 17.1. The molecule has 4 unspecified atom stereocenters. The summed E-state index contributed by atoms with van der Waals surface area (Å²) in [6, 6.07) is 20.2. The average Bonchev–Trinajstić information content (AvgIpc) is 2.91. The minimum atomic E-state index is -1.98. The minimum absolute atomic E-state index is 0.438. The third-order valence-electron chi connectivity index (χ3n) is 6.39. The van der Waals surface area contributed by atoms with E-state index in [4.69, 9.17) is 26.5 Å². The number of nitrogens with one attached hydrogen (secondary N) is 1. The van der Waals surface area contributed by atoms with Crippen molar-refractivity contribution in [3.63, 3.8) is 0 Å².